The van der Waals surface area contributed by atoms with E-state index in [4.69, 9.17) is 10.2 Å². The summed E-state index contributed by atoms with van der Waals surface area (Å²) in [5, 5.41) is 0. The van der Waals surface area contributed by atoms with Crippen LogP contribution in [0.1, 0.15) is 31.9 Å². The fourth-order valence-corrected chi connectivity index (χ4v) is 2.33. The average molecular weight is 280 g/mol. The summed E-state index contributed by atoms with van der Waals surface area (Å²) in [5.74, 6) is 0.638. The normalized spacial score (nSPS) is 12.0. The smallest absolute Gasteiger partial charge is 0.227 e. The van der Waals surface area contributed by atoms with E-state index in [-0.39, 0.29) is 5.41 Å². The third-order valence-corrected chi connectivity index (χ3v) is 3.77. The second kappa shape index (κ2) is 4.62. The molecule has 0 fully saturated rings. The van der Waals surface area contributed by atoms with Crippen molar-refractivity contribution >= 4 is 16.8 Å². The molecule has 108 valence electrons. The summed E-state index contributed by atoms with van der Waals surface area (Å²) >= 11 is 0. The molecule has 3 nitrogen and oxygen atoms in total. The van der Waals surface area contributed by atoms with Gasteiger partial charge in [-0.25, -0.2) is 4.98 Å². The molecule has 3 rings (SSSR count). The second-order valence-corrected chi connectivity index (χ2v) is 6.52. The molecule has 0 atom stereocenters. The Morgan fingerprint density at radius 2 is 1.81 bits per heavy atom. The summed E-state index contributed by atoms with van der Waals surface area (Å²) in [4.78, 5) is 4.62. The Labute approximate surface area is 124 Å². The molecule has 2 aromatic carbocycles. The number of benzene rings is 2. The Kier molecular flexibility index (Phi) is 3.01. The van der Waals surface area contributed by atoms with Crippen molar-refractivity contribution in [2.75, 3.05) is 5.73 Å². The topological polar surface area (TPSA) is 52.0 Å². The quantitative estimate of drug-likeness (QED) is 0.658. The van der Waals surface area contributed by atoms with Crippen molar-refractivity contribution in [1.82, 2.24) is 4.98 Å². The van der Waals surface area contributed by atoms with Crippen LogP contribution >= 0.6 is 0 Å². The lowest BCUT2D eigenvalue weighted by Crippen LogP contribution is -2.10. The molecule has 0 saturated carbocycles. The van der Waals surface area contributed by atoms with Gasteiger partial charge in [0.1, 0.15) is 5.52 Å². The molecule has 0 bridgehead atoms. The van der Waals surface area contributed by atoms with Crippen LogP contribution in [-0.2, 0) is 5.41 Å². The number of aryl methyl sites for hydroxylation is 1. The highest BCUT2D eigenvalue weighted by Crippen LogP contribution is 2.30. The second-order valence-electron chi connectivity index (χ2n) is 6.52. The van der Waals surface area contributed by atoms with Crippen LogP contribution in [-0.4, -0.2) is 4.98 Å². The van der Waals surface area contributed by atoms with E-state index < -0.39 is 0 Å². The average Bonchev–Trinajstić information content (AvgIpc) is 2.83. The first kappa shape index (κ1) is 13.7. The van der Waals surface area contributed by atoms with Gasteiger partial charge in [-0.3, -0.25) is 0 Å². The summed E-state index contributed by atoms with van der Waals surface area (Å²) in [6, 6.07) is 12.0. The maximum Gasteiger partial charge on any atom is 0.227 e. The Morgan fingerprint density at radius 1 is 1.05 bits per heavy atom. The van der Waals surface area contributed by atoms with Crippen molar-refractivity contribution in [3.05, 3.63) is 47.5 Å². The molecule has 0 aliphatic heterocycles. The van der Waals surface area contributed by atoms with Gasteiger partial charge in [0.05, 0.1) is 0 Å². The number of nitrogens with two attached hydrogens (primary N) is 1. The molecule has 0 radical (unpaired) electrons. The van der Waals surface area contributed by atoms with E-state index in [9.17, 15) is 0 Å². The van der Waals surface area contributed by atoms with Gasteiger partial charge in [-0.1, -0.05) is 26.8 Å². The fraction of sp³-hybridized carbons (Fsp3) is 0.278. The molecule has 21 heavy (non-hydrogen) atoms. The van der Waals surface area contributed by atoms with Gasteiger partial charge in [0.2, 0.25) is 5.89 Å². The van der Waals surface area contributed by atoms with Crippen LogP contribution < -0.4 is 5.73 Å². The number of nitrogen functional groups attached to an aromatic ring is 1. The van der Waals surface area contributed by atoms with E-state index in [1.165, 1.54) is 5.56 Å². The van der Waals surface area contributed by atoms with Crippen molar-refractivity contribution in [1.29, 1.82) is 0 Å². The van der Waals surface area contributed by atoms with Crippen LogP contribution in [0, 0.1) is 6.92 Å². The SMILES string of the molecule is Cc1cc(-c2nc3cc(C(C)(C)C)ccc3o2)ccc1N. The number of nitrogens with zero attached hydrogens (tertiary/aromatic N) is 1. The molecule has 2 N–H and O–H groups in total. The number of anilines is 1. The monoisotopic (exact) mass is 280 g/mol. The van der Waals surface area contributed by atoms with Crippen LogP contribution in [0.3, 0.4) is 0 Å². The predicted molar refractivity (Wildman–Crippen MR) is 87.3 cm³/mol. The van der Waals surface area contributed by atoms with Gasteiger partial charge in [-0.05, 0) is 53.8 Å². The summed E-state index contributed by atoms with van der Waals surface area (Å²) in [7, 11) is 0. The number of oxazole rings is 1. The minimum atomic E-state index is 0.102. The molecule has 0 saturated heterocycles. The van der Waals surface area contributed by atoms with Gasteiger partial charge in [0.25, 0.3) is 0 Å². The minimum Gasteiger partial charge on any atom is -0.436 e. The third kappa shape index (κ3) is 2.51. The van der Waals surface area contributed by atoms with Crippen LogP contribution in [0.25, 0.3) is 22.6 Å². The molecule has 0 aliphatic rings. The zero-order valence-electron chi connectivity index (χ0n) is 12.9. The number of aromatic nitrogens is 1. The van der Waals surface area contributed by atoms with Crippen molar-refractivity contribution < 1.29 is 4.42 Å². The zero-order valence-corrected chi connectivity index (χ0v) is 12.9. The van der Waals surface area contributed by atoms with E-state index in [2.05, 4.69) is 37.9 Å². The molecule has 3 heteroatoms. The molecule has 0 spiro atoms. The lowest BCUT2D eigenvalue weighted by atomic mass is 9.87. The molecule has 3 aromatic rings. The first-order chi connectivity index (χ1) is 9.84. The fourth-order valence-electron chi connectivity index (χ4n) is 2.33. The van der Waals surface area contributed by atoms with Gasteiger partial charge < -0.3 is 10.2 Å². The molecule has 1 aromatic heterocycles. The standard InChI is InChI=1S/C18H20N2O/c1-11-9-12(5-7-14(11)19)17-20-15-10-13(18(2,3)4)6-8-16(15)21-17/h5-10H,19H2,1-4H3. The number of hydrogen-bond acceptors (Lipinski definition) is 3. The predicted octanol–water partition coefficient (Wildman–Crippen LogP) is 4.68. The van der Waals surface area contributed by atoms with Crippen molar-refractivity contribution in [2.45, 2.75) is 33.1 Å². The summed E-state index contributed by atoms with van der Waals surface area (Å²) < 4.78 is 5.86. The molecule has 0 amide bonds. The number of hydrogen-bond donors (Lipinski definition) is 1. The van der Waals surface area contributed by atoms with E-state index in [0.29, 0.717) is 5.89 Å². The summed E-state index contributed by atoms with van der Waals surface area (Å²) in [6.07, 6.45) is 0. The molecule has 0 aliphatic carbocycles. The Bertz CT molecular complexity index is 810. The van der Waals surface area contributed by atoms with E-state index in [0.717, 1.165) is 27.9 Å². The molecular weight excluding hydrogens is 260 g/mol. The maximum atomic E-state index is 5.86. The number of fused-ring (bicyclic) bond motifs is 1. The van der Waals surface area contributed by atoms with Crippen LogP contribution in [0.5, 0.6) is 0 Å². The summed E-state index contributed by atoms with van der Waals surface area (Å²) in [6.45, 7) is 8.56. The number of rotatable bonds is 1. The van der Waals surface area contributed by atoms with E-state index in [1.807, 2.05) is 31.2 Å². The first-order valence-corrected chi connectivity index (χ1v) is 7.12. The van der Waals surface area contributed by atoms with Crippen molar-refractivity contribution in [3.63, 3.8) is 0 Å². The van der Waals surface area contributed by atoms with Gasteiger partial charge in [-0.2, -0.15) is 0 Å². The highest BCUT2D eigenvalue weighted by molar-refractivity contribution is 5.77. The van der Waals surface area contributed by atoms with Crippen LogP contribution in [0.15, 0.2) is 40.8 Å². The minimum absolute atomic E-state index is 0.102. The molecule has 1 heterocycles. The van der Waals surface area contributed by atoms with Crippen molar-refractivity contribution in [3.8, 4) is 11.5 Å². The van der Waals surface area contributed by atoms with Gasteiger partial charge >= 0.3 is 0 Å². The largest absolute Gasteiger partial charge is 0.436 e. The lowest BCUT2D eigenvalue weighted by Gasteiger charge is -2.18. The van der Waals surface area contributed by atoms with E-state index >= 15 is 0 Å². The Morgan fingerprint density at radius 3 is 2.48 bits per heavy atom. The van der Waals surface area contributed by atoms with Crippen LogP contribution in [0.4, 0.5) is 5.69 Å². The zero-order chi connectivity index (χ0) is 15.2. The van der Waals surface area contributed by atoms with Crippen LogP contribution in [0.2, 0.25) is 0 Å². The lowest BCUT2D eigenvalue weighted by molar-refractivity contribution is 0.590. The Balaban J connectivity index is 2.10. The highest BCUT2D eigenvalue weighted by Gasteiger charge is 2.16. The van der Waals surface area contributed by atoms with Gasteiger partial charge in [0, 0.05) is 11.3 Å². The summed E-state index contributed by atoms with van der Waals surface area (Å²) in [5.41, 5.74) is 11.7. The maximum absolute atomic E-state index is 5.86. The Hall–Kier alpha value is -2.29. The highest BCUT2D eigenvalue weighted by atomic mass is 16.3. The van der Waals surface area contributed by atoms with Gasteiger partial charge in [0.15, 0.2) is 5.58 Å². The van der Waals surface area contributed by atoms with Gasteiger partial charge in [-0.15, -0.1) is 0 Å². The molecular formula is C18H20N2O. The van der Waals surface area contributed by atoms with E-state index in [1.54, 1.807) is 0 Å². The first-order valence-electron chi connectivity index (χ1n) is 7.12. The molecule has 0 unspecified atom stereocenters. The third-order valence-electron chi connectivity index (χ3n) is 3.77. The van der Waals surface area contributed by atoms with Crippen molar-refractivity contribution in [2.24, 2.45) is 0 Å².